The van der Waals surface area contributed by atoms with Crippen LogP contribution in [0.15, 0.2) is 18.2 Å². The van der Waals surface area contributed by atoms with Gasteiger partial charge in [-0.15, -0.1) is 0 Å². The molecule has 1 aromatic carbocycles. The first kappa shape index (κ1) is 16.3. The molecule has 0 atom stereocenters. The van der Waals surface area contributed by atoms with Crippen molar-refractivity contribution >= 4 is 23.0 Å². The zero-order valence-electron chi connectivity index (χ0n) is 12.6. The highest BCUT2D eigenvalue weighted by Gasteiger charge is 2.16. The summed E-state index contributed by atoms with van der Waals surface area (Å²) in [5.41, 5.74) is 13.6. The molecule has 0 bridgehead atoms. The van der Waals surface area contributed by atoms with E-state index in [9.17, 15) is 4.79 Å². The SMILES string of the molecule is CC(C)(C)CC(=O)Nc1ccc(NCCCN)c(N)c1. The number of benzene rings is 1. The smallest absolute Gasteiger partial charge is 0.224 e. The number of hydrogen-bond acceptors (Lipinski definition) is 4. The average molecular weight is 278 g/mol. The molecule has 0 radical (unpaired) electrons. The Balaban J connectivity index is 2.61. The van der Waals surface area contributed by atoms with Crippen molar-refractivity contribution in [1.29, 1.82) is 0 Å². The third-order valence-electron chi connectivity index (χ3n) is 2.72. The zero-order chi connectivity index (χ0) is 15.2. The number of rotatable bonds is 6. The van der Waals surface area contributed by atoms with E-state index in [1.165, 1.54) is 0 Å². The van der Waals surface area contributed by atoms with Gasteiger partial charge in [-0.05, 0) is 36.6 Å². The summed E-state index contributed by atoms with van der Waals surface area (Å²) in [6, 6.07) is 5.49. The van der Waals surface area contributed by atoms with Gasteiger partial charge in [-0.1, -0.05) is 20.8 Å². The molecule has 0 aliphatic carbocycles. The van der Waals surface area contributed by atoms with Crippen molar-refractivity contribution in [3.63, 3.8) is 0 Å². The standard InChI is InChI=1S/C15H26N4O/c1-15(2,3)10-14(20)19-11-5-6-13(12(17)9-11)18-8-4-7-16/h5-6,9,18H,4,7-8,10,16-17H2,1-3H3,(H,19,20). The lowest BCUT2D eigenvalue weighted by Gasteiger charge is -2.17. The summed E-state index contributed by atoms with van der Waals surface area (Å²) in [5, 5.41) is 6.08. The molecule has 0 saturated carbocycles. The molecule has 0 unspecified atom stereocenters. The van der Waals surface area contributed by atoms with Crippen LogP contribution in [0.4, 0.5) is 17.1 Å². The minimum Gasteiger partial charge on any atom is -0.397 e. The van der Waals surface area contributed by atoms with E-state index in [4.69, 9.17) is 11.5 Å². The number of amides is 1. The van der Waals surface area contributed by atoms with Crippen LogP contribution in [0.25, 0.3) is 0 Å². The predicted octanol–water partition coefficient (Wildman–Crippen LogP) is 2.40. The summed E-state index contributed by atoms with van der Waals surface area (Å²) >= 11 is 0. The molecular weight excluding hydrogens is 252 g/mol. The van der Waals surface area contributed by atoms with Crippen LogP contribution in [0, 0.1) is 5.41 Å². The first-order chi connectivity index (χ1) is 9.31. The number of nitrogen functional groups attached to an aromatic ring is 1. The van der Waals surface area contributed by atoms with Crippen LogP contribution in [0.2, 0.25) is 0 Å². The van der Waals surface area contributed by atoms with E-state index in [0.717, 1.165) is 24.3 Å². The Hall–Kier alpha value is -1.75. The van der Waals surface area contributed by atoms with Gasteiger partial charge in [0.05, 0.1) is 11.4 Å². The summed E-state index contributed by atoms with van der Waals surface area (Å²) < 4.78 is 0. The van der Waals surface area contributed by atoms with Crippen LogP contribution in [-0.4, -0.2) is 19.0 Å². The normalized spacial score (nSPS) is 11.2. The minimum atomic E-state index is -0.0284. The first-order valence-electron chi connectivity index (χ1n) is 6.95. The van der Waals surface area contributed by atoms with E-state index in [1.807, 2.05) is 32.9 Å². The number of carbonyl (C=O) groups excluding carboxylic acids is 1. The first-order valence-corrected chi connectivity index (χ1v) is 6.95. The maximum atomic E-state index is 11.9. The second-order valence-electron chi connectivity index (χ2n) is 6.16. The zero-order valence-corrected chi connectivity index (χ0v) is 12.6. The topological polar surface area (TPSA) is 93.2 Å². The van der Waals surface area contributed by atoms with E-state index >= 15 is 0 Å². The van der Waals surface area contributed by atoms with Gasteiger partial charge < -0.3 is 22.1 Å². The maximum Gasteiger partial charge on any atom is 0.224 e. The van der Waals surface area contributed by atoms with Gasteiger partial charge in [-0.25, -0.2) is 0 Å². The Kier molecular flexibility index (Phi) is 5.82. The minimum absolute atomic E-state index is 0.000686. The molecule has 0 aliphatic heterocycles. The monoisotopic (exact) mass is 278 g/mol. The molecule has 5 nitrogen and oxygen atoms in total. The lowest BCUT2D eigenvalue weighted by Crippen LogP contribution is -2.19. The lowest BCUT2D eigenvalue weighted by molar-refractivity contribution is -0.117. The predicted molar refractivity (Wildman–Crippen MR) is 85.7 cm³/mol. The van der Waals surface area contributed by atoms with Crippen LogP contribution in [0.5, 0.6) is 0 Å². The fraction of sp³-hybridized carbons (Fsp3) is 0.533. The molecule has 20 heavy (non-hydrogen) atoms. The number of anilines is 3. The summed E-state index contributed by atoms with van der Waals surface area (Å²) in [7, 11) is 0. The Labute approximate surface area is 121 Å². The molecular formula is C15H26N4O. The van der Waals surface area contributed by atoms with E-state index in [0.29, 0.717) is 18.7 Å². The van der Waals surface area contributed by atoms with E-state index in [2.05, 4.69) is 10.6 Å². The largest absolute Gasteiger partial charge is 0.397 e. The third kappa shape index (κ3) is 5.93. The van der Waals surface area contributed by atoms with Crippen molar-refractivity contribution in [3.8, 4) is 0 Å². The summed E-state index contributed by atoms with van der Waals surface area (Å²) in [6.07, 6.45) is 1.37. The van der Waals surface area contributed by atoms with Gasteiger partial charge in [-0.3, -0.25) is 4.79 Å². The molecule has 1 aromatic rings. The van der Waals surface area contributed by atoms with Crippen LogP contribution in [-0.2, 0) is 4.79 Å². The fourth-order valence-electron chi connectivity index (χ4n) is 1.81. The summed E-state index contributed by atoms with van der Waals surface area (Å²) in [4.78, 5) is 11.9. The molecule has 0 fully saturated rings. The van der Waals surface area contributed by atoms with Crippen molar-refractivity contribution in [2.45, 2.75) is 33.6 Å². The molecule has 0 spiro atoms. The fourth-order valence-corrected chi connectivity index (χ4v) is 1.81. The van der Waals surface area contributed by atoms with E-state index in [-0.39, 0.29) is 11.3 Å². The van der Waals surface area contributed by atoms with Gasteiger partial charge in [0, 0.05) is 18.7 Å². The highest BCUT2D eigenvalue weighted by atomic mass is 16.1. The van der Waals surface area contributed by atoms with Crippen molar-refractivity contribution in [2.24, 2.45) is 11.1 Å². The van der Waals surface area contributed by atoms with Crippen LogP contribution < -0.4 is 22.1 Å². The Morgan fingerprint density at radius 3 is 2.55 bits per heavy atom. The van der Waals surface area contributed by atoms with Crippen molar-refractivity contribution in [1.82, 2.24) is 0 Å². The van der Waals surface area contributed by atoms with Crippen LogP contribution >= 0.6 is 0 Å². The molecule has 1 amide bonds. The summed E-state index contributed by atoms with van der Waals surface area (Å²) in [5.74, 6) is 0.000686. The van der Waals surface area contributed by atoms with Crippen LogP contribution in [0.3, 0.4) is 0 Å². The van der Waals surface area contributed by atoms with Crippen molar-refractivity contribution < 1.29 is 4.79 Å². The van der Waals surface area contributed by atoms with Gasteiger partial charge in [0.1, 0.15) is 0 Å². The van der Waals surface area contributed by atoms with Gasteiger partial charge in [0.2, 0.25) is 5.91 Å². The van der Waals surface area contributed by atoms with Gasteiger partial charge in [-0.2, -0.15) is 0 Å². The quantitative estimate of drug-likeness (QED) is 0.475. The van der Waals surface area contributed by atoms with Gasteiger partial charge in [0.15, 0.2) is 0 Å². The summed E-state index contributed by atoms with van der Waals surface area (Å²) in [6.45, 7) is 7.53. The van der Waals surface area contributed by atoms with Crippen LogP contribution in [0.1, 0.15) is 33.6 Å². The second kappa shape index (κ2) is 7.14. The number of hydrogen-bond donors (Lipinski definition) is 4. The molecule has 0 aliphatic rings. The lowest BCUT2D eigenvalue weighted by atomic mass is 9.92. The van der Waals surface area contributed by atoms with Gasteiger partial charge >= 0.3 is 0 Å². The number of carbonyl (C=O) groups is 1. The van der Waals surface area contributed by atoms with E-state index < -0.39 is 0 Å². The molecule has 6 N–H and O–H groups in total. The maximum absolute atomic E-state index is 11.9. The second-order valence-corrected chi connectivity index (χ2v) is 6.16. The molecule has 0 saturated heterocycles. The van der Waals surface area contributed by atoms with Crippen molar-refractivity contribution in [2.75, 3.05) is 29.5 Å². The van der Waals surface area contributed by atoms with Gasteiger partial charge in [0.25, 0.3) is 0 Å². The third-order valence-corrected chi connectivity index (χ3v) is 2.72. The Bertz CT molecular complexity index is 452. The highest BCUT2D eigenvalue weighted by molar-refractivity contribution is 5.92. The molecule has 1 rings (SSSR count). The highest BCUT2D eigenvalue weighted by Crippen LogP contribution is 2.24. The average Bonchev–Trinajstić information content (AvgIpc) is 2.29. The Morgan fingerprint density at radius 2 is 2.00 bits per heavy atom. The van der Waals surface area contributed by atoms with Crippen molar-refractivity contribution in [3.05, 3.63) is 18.2 Å². The molecule has 0 aromatic heterocycles. The molecule has 5 heteroatoms. The molecule has 112 valence electrons. The Morgan fingerprint density at radius 1 is 1.30 bits per heavy atom. The van der Waals surface area contributed by atoms with E-state index in [1.54, 1.807) is 6.07 Å². The number of nitrogens with one attached hydrogen (secondary N) is 2. The number of nitrogens with two attached hydrogens (primary N) is 2. The molecule has 0 heterocycles.